The number of carboxylic acids is 1. The second-order valence-corrected chi connectivity index (χ2v) is 2.00. The molecule has 10 heavy (non-hydrogen) atoms. The average molecular weight is 149 g/mol. The van der Waals surface area contributed by atoms with Crippen molar-refractivity contribution in [2.75, 3.05) is 6.54 Å². The Bertz CT molecular complexity index is 179. The fourth-order valence-electron chi connectivity index (χ4n) is 0.544. The summed E-state index contributed by atoms with van der Waals surface area (Å²) in [5.41, 5.74) is 5.10. The third-order valence-electron chi connectivity index (χ3n) is 1.11. The zero-order valence-corrected chi connectivity index (χ0v) is 5.71. The molecule has 0 aliphatic carbocycles. The highest BCUT2D eigenvalue weighted by molar-refractivity contribution is 5.72. The lowest BCUT2D eigenvalue weighted by Gasteiger charge is -2.03. The molecule has 0 aromatic heterocycles. The number of carboxylic acid groups (broad SMARTS) is 1. The predicted octanol–water partition coefficient (Wildman–Crippen LogP) is -0.473. The Morgan fingerprint density at radius 2 is 2.50 bits per heavy atom. The van der Waals surface area contributed by atoms with Gasteiger partial charge in [-0.05, 0) is 19.4 Å². The summed E-state index contributed by atoms with van der Waals surface area (Å²) in [6.45, 7) is 0.422. The minimum Gasteiger partial charge on any atom is -0.480 e. The molecule has 0 spiro atoms. The fourth-order valence-corrected chi connectivity index (χ4v) is 0.544. The van der Waals surface area contributed by atoms with Crippen LogP contribution in [0.2, 0.25) is 2.82 Å². The molecule has 0 fully saturated rings. The second-order valence-electron chi connectivity index (χ2n) is 2.00. The summed E-state index contributed by atoms with van der Waals surface area (Å²) in [7, 11) is 0. The minimum atomic E-state index is -2.17. The van der Waals surface area contributed by atoms with Crippen LogP contribution in [0.25, 0.3) is 0 Å². The molecule has 0 bridgehead atoms. The molecule has 0 aromatic rings. The molecular formula is C6H14N2O2. The minimum absolute atomic E-state index is 0.0630. The van der Waals surface area contributed by atoms with Crippen molar-refractivity contribution >= 4 is 5.97 Å². The van der Waals surface area contributed by atoms with Gasteiger partial charge in [-0.1, -0.05) is 6.42 Å². The molecule has 0 rings (SSSR count). The molecule has 0 saturated heterocycles. The molecule has 0 heterocycles. The van der Waals surface area contributed by atoms with Gasteiger partial charge in [-0.25, -0.2) is 0 Å². The van der Waals surface area contributed by atoms with Crippen molar-refractivity contribution in [3.63, 3.8) is 0 Å². The van der Waals surface area contributed by atoms with Crippen LogP contribution in [0, 0.1) is 0 Å². The highest BCUT2D eigenvalue weighted by atomic mass is 16.4. The van der Waals surface area contributed by atoms with Gasteiger partial charge in [-0.15, -0.1) is 0 Å². The predicted molar refractivity (Wildman–Crippen MR) is 38.5 cm³/mol. The van der Waals surface area contributed by atoms with Gasteiger partial charge >= 0.3 is 5.97 Å². The standard InChI is InChI=1S/C6H14N2O2/c7-4-2-1-3-5(8)6(9)10/h5H,1-4,7-8H2,(H,9,10)/t5-/m0/s1/i5D/hD2. The van der Waals surface area contributed by atoms with Crippen LogP contribution < -0.4 is 11.5 Å². The second kappa shape index (κ2) is 5.20. The molecule has 5 N–H and O–H groups in total. The molecule has 60 valence electrons. The molecule has 4 nitrogen and oxygen atoms in total. The van der Waals surface area contributed by atoms with Crippen LogP contribution >= 0.6 is 0 Å². The summed E-state index contributed by atoms with van der Waals surface area (Å²) < 4.78 is 20.9. The summed E-state index contributed by atoms with van der Waals surface area (Å²) >= 11 is 0. The third kappa shape index (κ3) is 4.29. The van der Waals surface area contributed by atoms with Gasteiger partial charge in [-0.3, -0.25) is 4.79 Å². The first-order valence-electron chi connectivity index (χ1n) is 4.56. The van der Waals surface area contributed by atoms with Crippen molar-refractivity contribution in [1.82, 2.24) is 0 Å². The van der Waals surface area contributed by atoms with E-state index in [0.29, 0.717) is 19.4 Å². The van der Waals surface area contributed by atoms with E-state index in [0.717, 1.165) is 0 Å². The van der Waals surface area contributed by atoms with Crippen molar-refractivity contribution in [2.24, 2.45) is 11.5 Å². The molecule has 0 aliphatic heterocycles. The monoisotopic (exact) mass is 149 g/mol. The lowest BCUT2D eigenvalue weighted by Crippen LogP contribution is -2.29. The number of hydrogen-bond acceptors (Lipinski definition) is 3. The molecule has 0 unspecified atom stereocenters. The normalized spacial score (nSPS) is 20.8. The van der Waals surface area contributed by atoms with E-state index >= 15 is 0 Å². The van der Waals surface area contributed by atoms with E-state index in [1.54, 1.807) is 0 Å². The summed E-state index contributed by atoms with van der Waals surface area (Å²) in [6.07, 6.45) is 0.967. The van der Waals surface area contributed by atoms with Crippen LogP contribution in [-0.2, 0) is 4.79 Å². The quantitative estimate of drug-likeness (QED) is 0.445. The SMILES string of the molecule is [2H]N([2H])[C@@]([2H])(CCCCN)C(=O)O. The van der Waals surface area contributed by atoms with E-state index in [9.17, 15) is 4.79 Å². The molecule has 0 radical (unpaired) electrons. The Kier molecular flexibility index (Phi) is 2.65. The summed E-state index contributed by atoms with van der Waals surface area (Å²) in [6, 6.07) is -2.17. The summed E-state index contributed by atoms with van der Waals surface area (Å²) in [5.74, 6) is -1.48. The molecule has 0 aliphatic rings. The van der Waals surface area contributed by atoms with Crippen molar-refractivity contribution in [3.05, 3.63) is 0 Å². The molecule has 0 saturated carbocycles. The van der Waals surface area contributed by atoms with Crippen molar-refractivity contribution in [1.29, 1.82) is 0 Å². The zero-order valence-electron chi connectivity index (χ0n) is 8.71. The van der Waals surface area contributed by atoms with Gasteiger partial charge in [0.05, 0.1) is 1.37 Å². The van der Waals surface area contributed by atoms with Crippen LogP contribution in [-0.4, -0.2) is 23.6 Å². The fraction of sp³-hybridized carbons (Fsp3) is 0.833. The van der Waals surface area contributed by atoms with Gasteiger partial charge in [0.1, 0.15) is 8.84 Å². The topological polar surface area (TPSA) is 89.3 Å². The summed E-state index contributed by atoms with van der Waals surface area (Å²) in [5, 5.41) is 8.60. The molecular weight excluding hydrogens is 132 g/mol. The number of hydrogen-bond donors (Lipinski definition) is 3. The van der Waals surface area contributed by atoms with E-state index in [1.165, 1.54) is 0 Å². The Labute approximate surface area is 64.5 Å². The van der Waals surface area contributed by atoms with Gasteiger partial charge in [0.2, 0.25) is 0 Å². The van der Waals surface area contributed by atoms with Gasteiger partial charge in [-0.2, -0.15) is 0 Å². The zero-order chi connectivity index (χ0) is 10.5. The van der Waals surface area contributed by atoms with E-state index in [4.69, 9.17) is 15.0 Å². The van der Waals surface area contributed by atoms with E-state index < -0.39 is 12.0 Å². The van der Waals surface area contributed by atoms with Gasteiger partial charge in [0, 0.05) is 0 Å². The number of nitrogens with two attached hydrogens (primary N) is 2. The van der Waals surface area contributed by atoms with Crippen LogP contribution in [0.15, 0.2) is 0 Å². The molecule has 1 atom stereocenters. The Hall–Kier alpha value is -0.610. The first kappa shape index (κ1) is 5.09. The highest BCUT2D eigenvalue weighted by Crippen LogP contribution is 1.96. The van der Waals surface area contributed by atoms with Crippen molar-refractivity contribution < 1.29 is 14.1 Å². The van der Waals surface area contributed by atoms with Crippen LogP contribution in [0.1, 0.15) is 20.6 Å². The number of rotatable bonds is 6. The lowest BCUT2D eigenvalue weighted by molar-refractivity contribution is -0.138. The van der Waals surface area contributed by atoms with E-state index in [2.05, 4.69) is 0 Å². The average Bonchev–Trinajstić information content (AvgIpc) is 2.03. The highest BCUT2D eigenvalue weighted by Gasteiger charge is 2.09. The Morgan fingerprint density at radius 3 is 2.90 bits per heavy atom. The maximum Gasteiger partial charge on any atom is 0.320 e. The van der Waals surface area contributed by atoms with E-state index in [-0.39, 0.29) is 12.1 Å². The number of unbranched alkanes of at least 4 members (excludes halogenated alkanes) is 1. The first-order valence-corrected chi connectivity index (χ1v) is 3.16. The largest absolute Gasteiger partial charge is 0.480 e. The van der Waals surface area contributed by atoms with Gasteiger partial charge < -0.3 is 16.6 Å². The number of aliphatic carboxylic acids is 1. The number of carbonyl (C=O) groups is 1. The molecule has 0 amide bonds. The van der Waals surface area contributed by atoms with Gasteiger partial charge in [0.25, 0.3) is 0 Å². The molecule has 0 aromatic carbocycles. The smallest absolute Gasteiger partial charge is 0.320 e. The Morgan fingerprint density at radius 1 is 1.80 bits per heavy atom. The third-order valence-corrected chi connectivity index (χ3v) is 1.11. The van der Waals surface area contributed by atoms with Gasteiger partial charge in [0.15, 0.2) is 0 Å². The van der Waals surface area contributed by atoms with Crippen LogP contribution in [0.4, 0.5) is 0 Å². The molecule has 4 heteroatoms. The summed E-state index contributed by atoms with van der Waals surface area (Å²) in [4.78, 5) is 10.6. The lowest BCUT2D eigenvalue weighted by atomic mass is 10.1. The Balaban J connectivity index is 4.17. The van der Waals surface area contributed by atoms with E-state index in [1.807, 2.05) is 0 Å². The maximum atomic E-state index is 10.6. The first-order chi connectivity index (χ1) is 5.95. The van der Waals surface area contributed by atoms with Crippen molar-refractivity contribution in [3.8, 4) is 0 Å². The van der Waals surface area contributed by atoms with Crippen LogP contribution in [0.5, 0.6) is 0 Å². The van der Waals surface area contributed by atoms with Crippen LogP contribution in [0.3, 0.4) is 0 Å². The maximum absolute atomic E-state index is 10.6. The van der Waals surface area contributed by atoms with Crippen molar-refractivity contribution in [2.45, 2.75) is 25.3 Å².